The molecule has 2 aliphatic rings. The maximum Gasteiger partial charge on any atom is 0.339 e. The zero-order valence-corrected chi connectivity index (χ0v) is 6.88. The fourth-order valence-electron chi connectivity index (χ4n) is 1.18. The smallest absolute Gasteiger partial charge is 0.339 e. The Morgan fingerprint density at radius 1 is 1.33 bits per heavy atom. The molecule has 0 radical (unpaired) electrons. The van der Waals surface area contributed by atoms with Gasteiger partial charge in [0.05, 0.1) is 0 Å². The molecular weight excluding hydrogens is 156 g/mol. The van der Waals surface area contributed by atoms with Gasteiger partial charge in [-0.15, -0.1) is 0 Å². The minimum Gasteiger partial charge on any atom is -0.466 e. The van der Waals surface area contributed by atoms with Crippen molar-refractivity contribution in [1.29, 1.82) is 0 Å². The number of hydrogen-bond acceptors (Lipinski definition) is 3. The van der Waals surface area contributed by atoms with Gasteiger partial charge in [-0.25, -0.2) is 4.79 Å². The van der Waals surface area contributed by atoms with Crippen molar-refractivity contribution >= 4 is 0 Å². The third-order valence-electron chi connectivity index (χ3n) is 1.88. The summed E-state index contributed by atoms with van der Waals surface area (Å²) in [5, 5.41) is 0. The molecule has 0 atom stereocenters. The van der Waals surface area contributed by atoms with E-state index in [1.165, 1.54) is 6.26 Å². The first-order valence-electron chi connectivity index (χ1n) is 3.67. The van der Waals surface area contributed by atoms with Gasteiger partial charge < -0.3 is 8.83 Å². The second-order valence-electron chi connectivity index (χ2n) is 2.78. The first-order chi connectivity index (χ1) is 5.68. The van der Waals surface area contributed by atoms with Crippen LogP contribution in [0.3, 0.4) is 0 Å². The molecule has 0 saturated heterocycles. The fourth-order valence-corrected chi connectivity index (χ4v) is 1.18. The van der Waals surface area contributed by atoms with E-state index in [4.69, 9.17) is 8.83 Å². The van der Waals surface area contributed by atoms with Crippen molar-refractivity contribution < 1.29 is 8.83 Å². The zero-order valence-electron chi connectivity index (χ0n) is 6.88. The Balaban J connectivity index is 2.88. The molecule has 2 aliphatic heterocycles. The Morgan fingerprint density at radius 2 is 2.08 bits per heavy atom. The predicted molar refractivity (Wildman–Crippen MR) is 43.3 cm³/mol. The van der Waals surface area contributed by atoms with Crippen molar-refractivity contribution in [2.75, 3.05) is 0 Å². The van der Waals surface area contributed by atoms with Crippen LogP contribution in [0.25, 0.3) is 11.3 Å². The Morgan fingerprint density at radius 3 is 2.83 bits per heavy atom. The van der Waals surface area contributed by atoms with E-state index < -0.39 is 0 Å². The Kier molecular flexibility index (Phi) is 1.33. The summed E-state index contributed by atoms with van der Waals surface area (Å²) in [5.74, 6) is 1.29. The Labute approximate surface area is 69.0 Å². The monoisotopic (exact) mass is 164 g/mol. The summed E-state index contributed by atoms with van der Waals surface area (Å²) >= 11 is 0. The van der Waals surface area contributed by atoms with Crippen LogP contribution in [-0.4, -0.2) is 0 Å². The van der Waals surface area contributed by atoms with Crippen LogP contribution in [0.1, 0.15) is 11.3 Å². The van der Waals surface area contributed by atoms with Gasteiger partial charge in [-0.3, -0.25) is 0 Å². The Hall–Kier alpha value is -1.51. The molecule has 62 valence electrons. The first-order valence-corrected chi connectivity index (χ1v) is 3.67. The molecule has 12 heavy (non-hydrogen) atoms. The van der Waals surface area contributed by atoms with Crippen molar-refractivity contribution in [3.8, 4) is 11.3 Å². The van der Waals surface area contributed by atoms with Crippen LogP contribution in [0.5, 0.6) is 0 Å². The Bertz CT molecular complexity index is 436. The van der Waals surface area contributed by atoms with Crippen LogP contribution >= 0.6 is 0 Å². The fraction of sp³-hybridized carbons (Fsp3) is 0.222. The summed E-state index contributed by atoms with van der Waals surface area (Å²) in [4.78, 5) is 11.0. The molecule has 0 spiro atoms. The molecule has 0 aromatic carbocycles. The lowest BCUT2D eigenvalue weighted by Gasteiger charge is -1.96. The molecule has 0 aliphatic carbocycles. The highest BCUT2D eigenvalue weighted by Crippen LogP contribution is 2.24. The van der Waals surface area contributed by atoms with Crippen LogP contribution in [0.4, 0.5) is 0 Å². The van der Waals surface area contributed by atoms with Gasteiger partial charge in [-0.2, -0.15) is 0 Å². The lowest BCUT2D eigenvalue weighted by Crippen LogP contribution is -1.93. The van der Waals surface area contributed by atoms with E-state index in [0.29, 0.717) is 11.3 Å². The first kappa shape index (κ1) is 7.16. The van der Waals surface area contributed by atoms with E-state index in [2.05, 4.69) is 0 Å². The van der Waals surface area contributed by atoms with Gasteiger partial charge in [-0.05, 0) is 19.9 Å². The molecule has 0 saturated carbocycles. The van der Waals surface area contributed by atoms with Crippen LogP contribution < -0.4 is 5.63 Å². The van der Waals surface area contributed by atoms with E-state index in [1.54, 1.807) is 13.0 Å². The normalized spacial score (nSPS) is 10.8. The molecule has 0 bridgehead atoms. The van der Waals surface area contributed by atoms with Gasteiger partial charge in [0, 0.05) is 11.1 Å². The summed E-state index contributed by atoms with van der Waals surface area (Å²) in [6, 6.07) is 1.80. The standard InChI is InChI=1S/C9H8O3/c1-5-3-7-6(2)9(10)12-8(7)4-11-5/h3-4H,1-2H3. The van der Waals surface area contributed by atoms with E-state index in [0.717, 1.165) is 11.3 Å². The highest BCUT2D eigenvalue weighted by Gasteiger charge is 2.14. The van der Waals surface area contributed by atoms with E-state index >= 15 is 0 Å². The summed E-state index contributed by atoms with van der Waals surface area (Å²) in [7, 11) is 0. The van der Waals surface area contributed by atoms with Crippen molar-refractivity contribution in [3.63, 3.8) is 0 Å². The second kappa shape index (κ2) is 2.24. The maximum absolute atomic E-state index is 11.0. The molecule has 2 heterocycles. The lowest BCUT2D eigenvalue weighted by molar-refractivity contribution is 0.476. The molecule has 2 rings (SSSR count). The van der Waals surface area contributed by atoms with Gasteiger partial charge in [0.2, 0.25) is 0 Å². The number of hydrogen-bond donors (Lipinski definition) is 0. The third-order valence-corrected chi connectivity index (χ3v) is 1.88. The van der Waals surface area contributed by atoms with Gasteiger partial charge >= 0.3 is 5.63 Å². The van der Waals surface area contributed by atoms with Crippen molar-refractivity contribution in [1.82, 2.24) is 0 Å². The second-order valence-corrected chi connectivity index (χ2v) is 2.78. The summed E-state index contributed by atoms with van der Waals surface area (Å²) in [6.07, 6.45) is 1.46. The molecule has 0 N–H and O–H groups in total. The highest BCUT2D eigenvalue weighted by molar-refractivity contribution is 5.61. The number of furan rings is 1. The van der Waals surface area contributed by atoms with Gasteiger partial charge in [0.25, 0.3) is 0 Å². The molecule has 0 aromatic rings. The van der Waals surface area contributed by atoms with Crippen LogP contribution in [-0.2, 0) is 0 Å². The third kappa shape index (κ3) is 0.863. The van der Waals surface area contributed by atoms with Gasteiger partial charge in [0.15, 0.2) is 5.76 Å². The van der Waals surface area contributed by atoms with E-state index in [9.17, 15) is 4.79 Å². The minimum atomic E-state index is -0.286. The van der Waals surface area contributed by atoms with E-state index in [-0.39, 0.29) is 5.63 Å². The molecule has 0 aromatic heterocycles. The number of fused-ring (bicyclic) bond motifs is 1. The van der Waals surface area contributed by atoms with Crippen LogP contribution in [0, 0.1) is 13.8 Å². The summed E-state index contributed by atoms with van der Waals surface area (Å²) in [5.41, 5.74) is 1.19. The molecule has 0 fully saturated rings. The summed E-state index contributed by atoms with van der Waals surface area (Å²) < 4.78 is 9.98. The zero-order chi connectivity index (χ0) is 8.72. The molecule has 0 unspecified atom stereocenters. The van der Waals surface area contributed by atoms with Gasteiger partial charge in [0.1, 0.15) is 12.0 Å². The van der Waals surface area contributed by atoms with Crippen molar-refractivity contribution in [2.24, 2.45) is 0 Å². The molecule has 0 amide bonds. The highest BCUT2D eigenvalue weighted by atomic mass is 16.4. The number of rotatable bonds is 0. The predicted octanol–water partition coefficient (Wildman–Crippen LogP) is 1.95. The molecule has 3 nitrogen and oxygen atoms in total. The quantitative estimate of drug-likeness (QED) is 0.597. The molecular formula is C9H8O3. The van der Waals surface area contributed by atoms with Gasteiger partial charge in [-0.1, -0.05) is 0 Å². The summed E-state index contributed by atoms with van der Waals surface area (Å²) in [6.45, 7) is 3.57. The maximum atomic E-state index is 11.0. The van der Waals surface area contributed by atoms with Crippen LogP contribution in [0.2, 0.25) is 0 Å². The SMILES string of the molecule is Cc1cc2c(C)c(=O)oc-2co1. The molecule has 3 heteroatoms. The lowest BCUT2D eigenvalue weighted by atomic mass is 10.1. The average molecular weight is 164 g/mol. The van der Waals surface area contributed by atoms with Crippen LogP contribution in [0.15, 0.2) is 26.0 Å². The van der Waals surface area contributed by atoms with E-state index in [1.807, 2.05) is 6.92 Å². The largest absolute Gasteiger partial charge is 0.466 e. The minimum absolute atomic E-state index is 0.286. The average Bonchev–Trinajstić information content (AvgIpc) is 2.31. The van der Waals surface area contributed by atoms with Crippen molar-refractivity contribution in [2.45, 2.75) is 13.8 Å². The van der Waals surface area contributed by atoms with Crippen molar-refractivity contribution in [3.05, 3.63) is 34.1 Å². The topological polar surface area (TPSA) is 43.4 Å². The number of aryl methyl sites for hydroxylation is 1.